The number of aromatic nitrogens is 2. The van der Waals surface area contributed by atoms with Crippen molar-refractivity contribution in [1.82, 2.24) is 14.7 Å². The zero-order valence-electron chi connectivity index (χ0n) is 11.6. The summed E-state index contributed by atoms with van der Waals surface area (Å²) >= 11 is 0. The molecule has 0 aliphatic carbocycles. The Balaban J connectivity index is 1.76. The molecule has 2 N–H and O–H groups in total. The molecule has 0 unspecified atom stereocenters. The van der Waals surface area contributed by atoms with Crippen molar-refractivity contribution >= 4 is 15.7 Å². The third kappa shape index (κ3) is 3.03. The predicted octanol–water partition coefficient (Wildman–Crippen LogP) is 1.23. The van der Waals surface area contributed by atoms with Crippen molar-refractivity contribution in [2.24, 2.45) is 0 Å². The molecule has 0 fully saturated rings. The molecule has 0 amide bonds. The maximum atomic E-state index is 12.3. The quantitative estimate of drug-likeness (QED) is 0.887. The van der Waals surface area contributed by atoms with Gasteiger partial charge in [-0.25, -0.2) is 13.1 Å². The highest BCUT2D eigenvalue weighted by Gasteiger charge is 2.18. The molecule has 7 heteroatoms. The van der Waals surface area contributed by atoms with Crippen molar-refractivity contribution in [1.29, 1.82) is 0 Å². The van der Waals surface area contributed by atoms with Crippen LogP contribution >= 0.6 is 0 Å². The smallest absolute Gasteiger partial charge is 0.240 e. The van der Waals surface area contributed by atoms with Crippen molar-refractivity contribution in [2.45, 2.75) is 24.8 Å². The topological polar surface area (TPSA) is 84.0 Å². The van der Waals surface area contributed by atoms with Crippen LogP contribution in [0.15, 0.2) is 35.5 Å². The van der Waals surface area contributed by atoms with E-state index >= 15 is 0 Å². The molecule has 1 aromatic carbocycles. The third-order valence-electron chi connectivity index (χ3n) is 3.37. The minimum atomic E-state index is -3.54. The van der Waals surface area contributed by atoms with Gasteiger partial charge < -0.3 is 5.32 Å². The van der Waals surface area contributed by atoms with Crippen LogP contribution < -0.4 is 10.0 Å². The molecule has 2 aromatic rings. The lowest BCUT2D eigenvalue weighted by Crippen LogP contribution is -2.24. The molecule has 0 bridgehead atoms. The van der Waals surface area contributed by atoms with Gasteiger partial charge in [0.15, 0.2) is 0 Å². The second-order valence-electron chi connectivity index (χ2n) is 4.97. The van der Waals surface area contributed by atoms with E-state index in [1.807, 2.05) is 13.0 Å². The molecule has 1 aliphatic rings. The fourth-order valence-corrected chi connectivity index (χ4v) is 3.26. The Kier molecular flexibility index (Phi) is 3.60. The maximum absolute atomic E-state index is 12.3. The molecule has 1 aliphatic heterocycles. The normalized spacial score (nSPS) is 13.8. The van der Waals surface area contributed by atoms with Crippen LogP contribution in [-0.4, -0.2) is 24.9 Å². The van der Waals surface area contributed by atoms with Crippen LogP contribution in [0.4, 0.5) is 5.69 Å². The van der Waals surface area contributed by atoms with E-state index in [4.69, 9.17) is 0 Å². The zero-order chi connectivity index (χ0) is 14.9. The largest absolute Gasteiger partial charge is 0.384 e. The van der Waals surface area contributed by atoms with Gasteiger partial charge >= 0.3 is 0 Å². The molecule has 2 heterocycles. The highest BCUT2D eigenvalue weighted by atomic mass is 32.2. The van der Waals surface area contributed by atoms with Crippen molar-refractivity contribution in [3.8, 4) is 0 Å². The Labute approximate surface area is 123 Å². The van der Waals surface area contributed by atoms with Crippen molar-refractivity contribution in [3.63, 3.8) is 0 Å². The molecular weight excluding hydrogens is 288 g/mol. The Hall–Kier alpha value is -1.99. The standard InChI is InChI=1S/C14H16N4O2S/c1-10-7-17-12(8-16-10)9-18-21(19,20)13-2-3-14-11(6-13)4-5-15-14/h2-3,6-8,15,18H,4-5,9H2,1H3. The van der Waals surface area contributed by atoms with Crippen LogP contribution in [0.1, 0.15) is 17.0 Å². The molecule has 0 saturated carbocycles. The summed E-state index contributed by atoms with van der Waals surface area (Å²) in [5.74, 6) is 0. The van der Waals surface area contributed by atoms with Gasteiger partial charge in [0.2, 0.25) is 10.0 Å². The summed E-state index contributed by atoms with van der Waals surface area (Å²) < 4.78 is 27.1. The fraction of sp³-hybridized carbons (Fsp3) is 0.286. The summed E-state index contributed by atoms with van der Waals surface area (Å²) in [5.41, 5.74) is 3.44. The van der Waals surface area contributed by atoms with Gasteiger partial charge in [-0.15, -0.1) is 0 Å². The number of hydrogen-bond donors (Lipinski definition) is 2. The summed E-state index contributed by atoms with van der Waals surface area (Å²) in [7, 11) is -3.54. The van der Waals surface area contributed by atoms with Crippen LogP contribution in [0, 0.1) is 6.92 Å². The number of rotatable bonds is 4. The number of nitrogens with one attached hydrogen (secondary N) is 2. The second kappa shape index (κ2) is 5.42. The van der Waals surface area contributed by atoms with E-state index in [2.05, 4.69) is 20.0 Å². The van der Waals surface area contributed by atoms with Gasteiger partial charge in [-0.2, -0.15) is 0 Å². The van der Waals surface area contributed by atoms with E-state index in [9.17, 15) is 8.42 Å². The summed E-state index contributed by atoms with van der Waals surface area (Å²) in [6, 6.07) is 5.14. The fourth-order valence-electron chi connectivity index (χ4n) is 2.21. The lowest BCUT2D eigenvalue weighted by molar-refractivity contribution is 0.580. The number of aryl methyl sites for hydroxylation is 1. The van der Waals surface area contributed by atoms with Crippen LogP contribution in [-0.2, 0) is 23.0 Å². The van der Waals surface area contributed by atoms with Gasteiger partial charge in [0.05, 0.1) is 29.0 Å². The maximum Gasteiger partial charge on any atom is 0.240 e. The summed E-state index contributed by atoms with van der Waals surface area (Å²) in [5, 5.41) is 3.21. The van der Waals surface area contributed by atoms with E-state index in [-0.39, 0.29) is 11.4 Å². The van der Waals surface area contributed by atoms with E-state index < -0.39 is 10.0 Å². The van der Waals surface area contributed by atoms with Gasteiger partial charge in [-0.05, 0) is 37.1 Å². The summed E-state index contributed by atoms with van der Waals surface area (Å²) in [4.78, 5) is 8.51. The molecular formula is C14H16N4O2S. The summed E-state index contributed by atoms with van der Waals surface area (Å²) in [6.45, 7) is 2.82. The first-order valence-electron chi connectivity index (χ1n) is 6.68. The second-order valence-corrected chi connectivity index (χ2v) is 6.74. The number of benzene rings is 1. The van der Waals surface area contributed by atoms with Crippen molar-refractivity contribution in [3.05, 3.63) is 47.5 Å². The van der Waals surface area contributed by atoms with Crippen LogP contribution in [0.25, 0.3) is 0 Å². The lowest BCUT2D eigenvalue weighted by Gasteiger charge is -2.08. The first-order chi connectivity index (χ1) is 10.0. The van der Waals surface area contributed by atoms with Gasteiger partial charge in [0.1, 0.15) is 0 Å². The number of sulfonamides is 1. The molecule has 0 saturated heterocycles. The van der Waals surface area contributed by atoms with Gasteiger partial charge in [-0.3, -0.25) is 9.97 Å². The first-order valence-corrected chi connectivity index (χ1v) is 8.17. The highest BCUT2D eigenvalue weighted by molar-refractivity contribution is 7.89. The summed E-state index contributed by atoms with van der Waals surface area (Å²) in [6.07, 6.45) is 4.04. The van der Waals surface area contributed by atoms with Gasteiger partial charge in [-0.1, -0.05) is 0 Å². The van der Waals surface area contributed by atoms with Gasteiger partial charge in [0, 0.05) is 18.4 Å². The van der Waals surface area contributed by atoms with E-state index in [0.29, 0.717) is 5.69 Å². The molecule has 1 aromatic heterocycles. The van der Waals surface area contributed by atoms with E-state index in [0.717, 1.165) is 29.9 Å². The van der Waals surface area contributed by atoms with Crippen LogP contribution in [0.5, 0.6) is 0 Å². The van der Waals surface area contributed by atoms with E-state index in [1.54, 1.807) is 24.5 Å². The molecule has 6 nitrogen and oxygen atoms in total. The minimum Gasteiger partial charge on any atom is -0.384 e. The monoisotopic (exact) mass is 304 g/mol. The van der Waals surface area contributed by atoms with E-state index in [1.165, 1.54) is 0 Å². The molecule has 110 valence electrons. The molecule has 0 spiro atoms. The molecule has 0 atom stereocenters. The average molecular weight is 304 g/mol. The Bertz CT molecular complexity index is 757. The van der Waals surface area contributed by atoms with Crippen molar-refractivity contribution < 1.29 is 8.42 Å². The first kappa shape index (κ1) is 14.0. The predicted molar refractivity (Wildman–Crippen MR) is 79.4 cm³/mol. The SMILES string of the molecule is Cc1cnc(CNS(=O)(=O)c2ccc3c(c2)CCN3)cn1. The lowest BCUT2D eigenvalue weighted by atomic mass is 10.2. The molecule has 21 heavy (non-hydrogen) atoms. The zero-order valence-corrected chi connectivity index (χ0v) is 12.4. The Morgan fingerprint density at radius 3 is 2.90 bits per heavy atom. The van der Waals surface area contributed by atoms with Crippen molar-refractivity contribution in [2.75, 3.05) is 11.9 Å². The van der Waals surface area contributed by atoms with Crippen LogP contribution in [0.3, 0.4) is 0 Å². The molecule has 3 rings (SSSR count). The number of anilines is 1. The molecule has 0 radical (unpaired) electrons. The number of fused-ring (bicyclic) bond motifs is 1. The average Bonchev–Trinajstić information content (AvgIpc) is 2.94. The van der Waals surface area contributed by atoms with Crippen LogP contribution in [0.2, 0.25) is 0 Å². The van der Waals surface area contributed by atoms with Gasteiger partial charge in [0.25, 0.3) is 0 Å². The Morgan fingerprint density at radius 1 is 1.29 bits per heavy atom. The minimum absolute atomic E-state index is 0.130. The number of hydrogen-bond acceptors (Lipinski definition) is 5. The third-order valence-corrected chi connectivity index (χ3v) is 4.77. The Morgan fingerprint density at radius 2 is 2.14 bits per heavy atom. The number of nitrogens with zero attached hydrogens (tertiary/aromatic N) is 2. The highest BCUT2D eigenvalue weighted by Crippen LogP contribution is 2.24.